The quantitative estimate of drug-likeness (QED) is 0.623. The van der Waals surface area contributed by atoms with Crippen molar-refractivity contribution in [2.75, 3.05) is 5.43 Å². The van der Waals surface area contributed by atoms with Crippen LogP contribution < -0.4 is 5.43 Å². The highest BCUT2D eigenvalue weighted by Crippen LogP contribution is 2.02. The van der Waals surface area contributed by atoms with Gasteiger partial charge in [0.1, 0.15) is 0 Å². The van der Waals surface area contributed by atoms with Crippen molar-refractivity contribution in [2.45, 2.75) is 6.42 Å². The average Bonchev–Trinajstić information content (AvgIpc) is 2.37. The maximum atomic E-state index is 4.13. The summed E-state index contributed by atoms with van der Waals surface area (Å²) in [7, 11) is 0. The van der Waals surface area contributed by atoms with E-state index < -0.39 is 0 Å². The van der Waals surface area contributed by atoms with Crippen LogP contribution in [0.1, 0.15) is 5.56 Å². The van der Waals surface area contributed by atoms with Crippen LogP contribution in [0.3, 0.4) is 0 Å². The molecular formula is C13H13N3. The molecule has 0 aliphatic rings. The van der Waals surface area contributed by atoms with Crippen LogP contribution >= 0.6 is 0 Å². The number of rotatable bonds is 4. The fraction of sp³-hybridized carbons (Fsp3) is 0.0769. The van der Waals surface area contributed by atoms with Crippen molar-refractivity contribution in [2.24, 2.45) is 5.10 Å². The first kappa shape index (κ1) is 10.4. The molecule has 0 radical (unpaired) electrons. The molecule has 0 atom stereocenters. The first-order chi connectivity index (χ1) is 7.95. The number of hydrogen-bond acceptors (Lipinski definition) is 3. The number of hydrazone groups is 1. The number of hydrogen-bond donors (Lipinski definition) is 1. The minimum atomic E-state index is 0.832. The van der Waals surface area contributed by atoms with Crippen molar-refractivity contribution in [3.8, 4) is 0 Å². The van der Waals surface area contributed by atoms with Crippen molar-refractivity contribution < 1.29 is 0 Å². The van der Waals surface area contributed by atoms with Crippen molar-refractivity contribution in [3.63, 3.8) is 0 Å². The molecule has 3 heteroatoms. The molecule has 0 amide bonds. The monoisotopic (exact) mass is 211 g/mol. The van der Waals surface area contributed by atoms with Crippen molar-refractivity contribution >= 4 is 11.9 Å². The Morgan fingerprint density at radius 1 is 1.06 bits per heavy atom. The van der Waals surface area contributed by atoms with Crippen LogP contribution in [0.4, 0.5) is 5.69 Å². The second-order valence-electron chi connectivity index (χ2n) is 3.35. The molecule has 16 heavy (non-hydrogen) atoms. The van der Waals surface area contributed by atoms with Crippen LogP contribution in [0.2, 0.25) is 0 Å². The molecule has 0 spiro atoms. The smallest absolute Gasteiger partial charge is 0.0592 e. The van der Waals surface area contributed by atoms with Gasteiger partial charge in [-0.3, -0.25) is 10.4 Å². The normalized spacial score (nSPS) is 10.5. The number of benzene rings is 1. The summed E-state index contributed by atoms with van der Waals surface area (Å²) >= 11 is 0. The fourth-order valence-corrected chi connectivity index (χ4v) is 1.31. The Balaban J connectivity index is 1.83. The highest BCUT2D eigenvalue weighted by molar-refractivity contribution is 5.62. The standard InChI is InChI=1S/C13H13N3/c1-2-4-12(5-3-1)6-11-15-16-13-7-9-14-10-8-13/h1-5,7-11H,6H2,(H,14,16)/b15-11+. The van der Waals surface area contributed by atoms with E-state index in [1.807, 2.05) is 36.5 Å². The molecule has 3 nitrogen and oxygen atoms in total. The number of anilines is 1. The predicted octanol–water partition coefficient (Wildman–Crippen LogP) is 2.72. The Labute approximate surface area is 94.9 Å². The summed E-state index contributed by atoms with van der Waals surface area (Å²) in [6, 6.07) is 14.0. The van der Waals surface area contributed by atoms with E-state index in [2.05, 4.69) is 27.6 Å². The Hall–Kier alpha value is -2.16. The van der Waals surface area contributed by atoms with E-state index in [0.717, 1.165) is 12.1 Å². The van der Waals surface area contributed by atoms with Crippen molar-refractivity contribution in [1.29, 1.82) is 0 Å². The van der Waals surface area contributed by atoms with Gasteiger partial charge in [-0.25, -0.2) is 0 Å². The lowest BCUT2D eigenvalue weighted by Crippen LogP contribution is -1.91. The molecule has 0 saturated heterocycles. The zero-order valence-corrected chi connectivity index (χ0v) is 8.88. The van der Waals surface area contributed by atoms with Gasteiger partial charge in [-0.2, -0.15) is 5.10 Å². The second-order valence-corrected chi connectivity index (χ2v) is 3.35. The number of pyridine rings is 1. The summed E-state index contributed by atoms with van der Waals surface area (Å²) < 4.78 is 0. The largest absolute Gasteiger partial charge is 0.279 e. The molecule has 0 aliphatic heterocycles. The van der Waals surface area contributed by atoms with E-state index in [0.29, 0.717) is 0 Å². The third-order valence-electron chi connectivity index (χ3n) is 2.14. The van der Waals surface area contributed by atoms with E-state index in [4.69, 9.17) is 0 Å². The lowest BCUT2D eigenvalue weighted by molar-refractivity contribution is 1.26. The Bertz CT molecular complexity index is 394. The number of nitrogens with one attached hydrogen (secondary N) is 1. The Morgan fingerprint density at radius 3 is 2.56 bits per heavy atom. The van der Waals surface area contributed by atoms with E-state index in [9.17, 15) is 0 Å². The minimum absolute atomic E-state index is 0.832. The summed E-state index contributed by atoms with van der Waals surface area (Å²) in [6.45, 7) is 0. The van der Waals surface area contributed by atoms with Crippen LogP contribution in [-0.4, -0.2) is 11.2 Å². The molecule has 0 bridgehead atoms. The molecule has 0 saturated carbocycles. The van der Waals surface area contributed by atoms with Gasteiger partial charge in [-0.15, -0.1) is 0 Å². The van der Waals surface area contributed by atoms with E-state index >= 15 is 0 Å². The van der Waals surface area contributed by atoms with Gasteiger partial charge in [-0.1, -0.05) is 30.3 Å². The molecule has 2 aromatic rings. The first-order valence-corrected chi connectivity index (χ1v) is 5.16. The molecule has 80 valence electrons. The van der Waals surface area contributed by atoms with Gasteiger partial charge < -0.3 is 0 Å². The third kappa shape index (κ3) is 3.20. The summed E-state index contributed by atoms with van der Waals surface area (Å²) in [4.78, 5) is 3.93. The van der Waals surface area contributed by atoms with Gasteiger partial charge in [0.25, 0.3) is 0 Å². The zero-order valence-electron chi connectivity index (χ0n) is 8.88. The topological polar surface area (TPSA) is 37.3 Å². The second kappa shape index (κ2) is 5.66. The van der Waals surface area contributed by atoms with Gasteiger partial charge in [-0.05, 0) is 17.7 Å². The Morgan fingerprint density at radius 2 is 1.81 bits per heavy atom. The van der Waals surface area contributed by atoms with Gasteiger partial charge in [0.05, 0.1) is 5.69 Å². The van der Waals surface area contributed by atoms with Crippen LogP contribution in [-0.2, 0) is 6.42 Å². The van der Waals surface area contributed by atoms with Crippen LogP contribution in [0, 0.1) is 0 Å². The molecule has 0 fully saturated rings. The van der Waals surface area contributed by atoms with Gasteiger partial charge >= 0.3 is 0 Å². The fourth-order valence-electron chi connectivity index (χ4n) is 1.31. The molecule has 0 aliphatic carbocycles. The van der Waals surface area contributed by atoms with E-state index in [-0.39, 0.29) is 0 Å². The lowest BCUT2D eigenvalue weighted by atomic mass is 10.2. The van der Waals surface area contributed by atoms with E-state index in [1.54, 1.807) is 12.4 Å². The molecule has 1 aromatic heterocycles. The highest BCUT2D eigenvalue weighted by atomic mass is 15.3. The molecule has 1 heterocycles. The lowest BCUT2D eigenvalue weighted by Gasteiger charge is -1.98. The van der Waals surface area contributed by atoms with Crippen LogP contribution in [0.15, 0.2) is 60.0 Å². The Kier molecular flexibility index (Phi) is 3.66. The third-order valence-corrected chi connectivity index (χ3v) is 2.14. The van der Waals surface area contributed by atoms with E-state index in [1.165, 1.54) is 5.56 Å². The first-order valence-electron chi connectivity index (χ1n) is 5.16. The SMILES string of the molecule is C(/Cc1ccccc1)=N\Nc1ccncc1. The summed E-state index contributed by atoms with van der Waals surface area (Å²) in [6.07, 6.45) is 6.15. The van der Waals surface area contributed by atoms with Gasteiger partial charge in [0, 0.05) is 25.0 Å². The summed E-state index contributed by atoms with van der Waals surface area (Å²) in [5.41, 5.74) is 5.14. The van der Waals surface area contributed by atoms with Crippen LogP contribution in [0.25, 0.3) is 0 Å². The summed E-state index contributed by atoms with van der Waals surface area (Å²) in [5, 5.41) is 4.13. The molecular weight excluding hydrogens is 198 g/mol. The van der Waals surface area contributed by atoms with Crippen molar-refractivity contribution in [1.82, 2.24) is 4.98 Å². The van der Waals surface area contributed by atoms with Gasteiger partial charge in [0.2, 0.25) is 0 Å². The number of aromatic nitrogens is 1. The maximum absolute atomic E-state index is 4.13. The molecule has 0 unspecified atom stereocenters. The minimum Gasteiger partial charge on any atom is -0.279 e. The summed E-state index contributed by atoms with van der Waals surface area (Å²) in [5.74, 6) is 0. The molecule has 2 rings (SSSR count). The molecule has 1 aromatic carbocycles. The zero-order chi connectivity index (χ0) is 11.1. The average molecular weight is 211 g/mol. The number of nitrogens with zero attached hydrogens (tertiary/aromatic N) is 2. The van der Waals surface area contributed by atoms with Crippen molar-refractivity contribution in [3.05, 3.63) is 60.4 Å². The molecule has 1 N–H and O–H groups in total. The van der Waals surface area contributed by atoms with Gasteiger partial charge in [0.15, 0.2) is 0 Å². The predicted molar refractivity (Wildman–Crippen MR) is 66.5 cm³/mol. The van der Waals surface area contributed by atoms with Crippen LogP contribution in [0.5, 0.6) is 0 Å². The maximum Gasteiger partial charge on any atom is 0.0592 e. The highest BCUT2D eigenvalue weighted by Gasteiger charge is 1.87.